The van der Waals surface area contributed by atoms with Gasteiger partial charge in [0.1, 0.15) is 36.7 Å². The number of hydrogen-bond donors (Lipinski definition) is 3. The minimum atomic E-state index is -1.40. The average Bonchev–Trinajstić information content (AvgIpc) is 3.29. The van der Waals surface area contributed by atoms with Crippen LogP contribution in [0.2, 0.25) is 0 Å². The van der Waals surface area contributed by atoms with Gasteiger partial charge in [-0.15, -0.1) is 5.10 Å². The summed E-state index contributed by atoms with van der Waals surface area (Å²) in [6.07, 6.45) is 9.55. The maximum atomic E-state index is 12.0. The lowest BCUT2D eigenvalue weighted by Crippen LogP contribution is -2.58. The van der Waals surface area contributed by atoms with E-state index in [4.69, 9.17) is 14.2 Å². The van der Waals surface area contributed by atoms with Gasteiger partial charge in [-0.05, 0) is 6.42 Å². The largest absolute Gasteiger partial charge is 0.459 e. The van der Waals surface area contributed by atoms with E-state index in [0.717, 1.165) is 19.3 Å². The van der Waals surface area contributed by atoms with E-state index in [9.17, 15) is 20.1 Å². The number of aliphatic hydroxyl groups excluding tert-OH is 3. The monoisotopic (exact) mass is 485 g/mol. The first-order valence-electron chi connectivity index (χ1n) is 12.7. The molecular formula is C24H43N3O7. The Bertz CT molecular complexity index is 685. The summed E-state index contributed by atoms with van der Waals surface area (Å²) in [6.45, 7) is 2.35. The van der Waals surface area contributed by atoms with Gasteiger partial charge in [-0.25, -0.2) is 4.68 Å². The highest BCUT2D eigenvalue weighted by Crippen LogP contribution is 2.22. The van der Waals surface area contributed by atoms with Gasteiger partial charge < -0.3 is 29.5 Å². The molecule has 0 saturated carbocycles. The second kappa shape index (κ2) is 16.1. The van der Waals surface area contributed by atoms with Crippen LogP contribution in [0.4, 0.5) is 0 Å². The molecule has 1 aromatic rings. The Hall–Kier alpha value is -1.59. The Morgan fingerprint density at radius 1 is 0.971 bits per heavy atom. The highest BCUT2D eigenvalue weighted by atomic mass is 16.7. The second-order valence-electron chi connectivity index (χ2n) is 9.13. The van der Waals surface area contributed by atoms with Crippen LogP contribution in [-0.4, -0.2) is 74.1 Å². The summed E-state index contributed by atoms with van der Waals surface area (Å²) in [5.41, 5.74) is 0.474. The zero-order chi connectivity index (χ0) is 24.8. The predicted octanol–water partition coefficient (Wildman–Crippen LogP) is 2.48. The fourth-order valence-electron chi connectivity index (χ4n) is 4.10. The van der Waals surface area contributed by atoms with Crippen molar-refractivity contribution >= 4 is 5.97 Å². The van der Waals surface area contributed by atoms with Crippen molar-refractivity contribution in [1.82, 2.24) is 15.0 Å². The van der Waals surface area contributed by atoms with Crippen LogP contribution in [0.1, 0.15) is 89.7 Å². The van der Waals surface area contributed by atoms with E-state index in [2.05, 4.69) is 17.2 Å². The highest BCUT2D eigenvalue weighted by molar-refractivity contribution is 5.69. The van der Waals surface area contributed by atoms with Crippen molar-refractivity contribution in [3.05, 3.63) is 11.9 Å². The van der Waals surface area contributed by atoms with Crippen molar-refractivity contribution < 1.29 is 34.3 Å². The van der Waals surface area contributed by atoms with Crippen molar-refractivity contribution in [3.63, 3.8) is 0 Å². The zero-order valence-electron chi connectivity index (χ0n) is 20.7. The molecule has 10 heteroatoms. The molecule has 1 aliphatic heterocycles. The first-order valence-corrected chi connectivity index (χ1v) is 12.7. The third kappa shape index (κ3) is 9.95. The summed E-state index contributed by atoms with van der Waals surface area (Å²) in [6, 6.07) is 0. The number of carbonyl (C=O) groups is 1. The lowest BCUT2D eigenvalue weighted by atomic mass is 9.99. The van der Waals surface area contributed by atoms with Crippen molar-refractivity contribution in [2.24, 2.45) is 0 Å². The Morgan fingerprint density at radius 2 is 1.59 bits per heavy atom. The van der Waals surface area contributed by atoms with Crippen LogP contribution in [0.5, 0.6) is 0 Å². The molecule has 0 bridgehead atoms. The molecule has 5 atom stereocenters. The van der Waals surface area contributed by atoms with Crippen LogP contribution in [-0.2, 0) is 32.2 Å². The number of carbonyl (C=O) groups excluding carboxylic acids is 1. The lowest BCUT2D eigenvalue weighted by molar-refractivity contribution is -0.292. The molecule has 0 aliphatic carbocycles. The number of aromatic nitrogens is 3. The smallest absolute Gasteiger partial charge is 0.306 e. The fraction of sp³-hybridized carbons (Fsp3) is 0.875. The van der Waals surface area contributed by atoms with Crippen molar-refractivity contribution in [2.75, 3.05) is 7.11 Å². The molecule has 34 heavy (non-hydrogen) atoms. The Kier molecular flexibility index (Phi) is 13.6. The van der Waals surface area contributed by atoms with E-state index in [1.54, 1.807) is 6.20 Å². The predicted molar refractivity (Wildman–Crippen MR) is 125 cm³/mol. The Morgan fingerprint density at radius 3 is 2.21 bits per heavy atom. The molecule has 2 heterocycles. The number of nitrogens with zero attached hydrogens (tertiary/aromatic N) is 3. The summed E-state index contributed by atoms with van der Waals surface area (Å²) < 4.78 is 17.2. The summed E-state index contributed by atoms with van der Waals surface area (Å²) in [4.78, 5) is 12.0. The number of esters is 1. The molecule has 1 fully saturated rings. The number of ether oxygens (including phenoxy) is 3. The van der Waals surface area contributed by atoms with Crippen LogP contribution < -0.4 is 0 Å². The molecule has 1 saturated heterocycles. The molecule has 3 N–H and O–H groups in total. The van der Waals surface area contributed by atoms with E-state index >= 15 is 0 Å². The maximum Gasteiger partial charge on any atom is 0.306 e. The minimum absolute atomic E-state index is 0.0208. The van der Waals surface area contributed by atoms with E-state index in [0.29, 0.717) is 12.1 Å². The Balaban J connectivity index is 1.56. The van der Waals surface area contributed by atoms with Gasteiger partial charge in [0.15, 0.2) is 6.29 Å². The van der Waals surface area contributed by atoms with Crippen LogP contribution in [0.25, 0.3) is 0 Å². The van der Waals surface area contributed by atoms with Gasteiger partial charge in [0.05, 0.1) is 12.7 Å². The number of rotatable bonds is 17. The molecule has 1 aliphatic rings. The number of aliphatic hydroxyl groups is 3. The first-order chi connectivity index (χ1) is 16.5. The third-order valence-corrected chi connectivity index (χ3v) is 6.22. The van der Waals surface area contributed by atoms with Crippen molar-refractivity contribution in [2.45, 2.75) is 128 Å². The number of methoxy groups -OCH3 is 1. The van der Waals surface area contributed by atoms with Gasteiger partial charge in [0, 0.05) is 13.5 Å². The quantitative estimate of drug-likeness (QED) is 0.224. The van der Waals surface area contributed by atoms with Crippen LogP contribution in [0, 0.1) is 0 Å². The molecule has 0 radical (unpaired) electrons. The molecule has 0 unspecified atom stereocenters. The van der Waals surface area contributed by atoms with Crippen molar-refractivity contribution in [3.8, 4) is 0 Å². The Labute approximate surface area is 202 Å². The summed E-state index contributed by atoms with van der Waals surface area (Å²) >= 11 is 0. The maximum absolute atomic E-state index is 12.0. The molecule has 1 aromatic heterocycles. The molecule has 196 valence electrons. The lowest BCUT2D eigenvalue weighted by Gasteiger charge is -2.39. The number of unbranched alkanes of at least 4 members (excludes halogenated alkanes) is 10. The topological polar surface area (TPSA) is 136 Å². The minimum Gasteiger partial charge on any atom is -0.459 e. The summed E-state index contributed by atoms with van der Waals surface area (Å²) in [7, 11) is 1.34. The van der Waals surface area contributed by atoms with Gasteiger partial charge in [0.2, 0.25) is 0 Å². The molecule has 0 amide bonds. The van der Waals surface area contributed by atoms with Gasteiger partial charge in [0.25, 0.3) is 0 Å². The second-order valence-corrected chi connectivity index (χ2v) is 9.13. The van der Waals surface area contributed by atoms with E-state index in [1.807, 2.05) is 0 Å². The highest BCUT2D eigenvalue weighted by Gasteiger charge is 2.44. The van der Waals surface area contributed by atoms with Gasteiger partial charge in [-0.1, -0.05) is 76.3 Å². The van der Waals surface area contributed by atoms with Crippen molar-refractivity contribution in [1.29, 1.82) is 0 Å². The summed E-state index contributed by atoms with van der Waals surface area (Å²) in [5.74, 6) is -0.253. The number of hydrogen-bond acceptors (Lipinski definition) is 9. The van der Waals surface area contributed by atoms with Crippen LogP contribution in [0.3, 0.4) is 0 Å². The average molecular weight is 486 g/mol. The van der Waals surface area contributed by atoms with E-state index in [-0.39, 0.29) is 19.1 Å². The van der Waals surface area contributed by atoms with Crippen LogP contribution >= 0.6 is 0 Å². The standard InChI is InChI=1S/C24H43N3O7/c1-3-4-5-6-7-8-9-10-11-12-13-14-20(28)33-17-18-15-27(26-25-18)16-19-21(29)22(30)23(31)24(32-2)34-19/h15,19,21-24,29-31H,3-14,16-17H2,1-2H3/t19-,21-,22+,23-,24+/m1/s1. The van der Waals surface area contributed by atoms with E-state index in [1.165, 1.54) is 63.2 Å². The summed E-state index contributed by atoms with van der Waals surface area (Å²) in [5, 5.41) is 37.9. The molecule has 0 aromatic carbocycles. The van der Waals surface area contributed by atoms with Gasteiger partial charge in [-0.3, -0.25) is 4.79 Å². The van der Waals surface area contributed by atoms with Gasteiger partial charge in [-0.2, -0.15) is 0 Å². The fourth-order valence-corrected chi connectivity index (χ4v) is 4.10. The first kappa shape index (κ1) is 28.6. The SMILES string of the molecule is CCCCCCCCCCCCCC(=O)OCc1cn(C[C@H]2O[C@H](OC)[C@H](O)[C@@H](O)[C@@H]2O)nn1. The zero-order valence-corrected chi connectivity index (χ0v) is 20.7. The third-order valence-electron chi connectivity index (χ3n) is 6.22. The molecule has 0 spiro atoms. The van der Waals surface area contributed by atoms with Gasteiger partial charge >= 0.3 is 5.97 Å². The van der Waals surface area contributed by atoms with E-state index < -0.39 is 30.7 Å². The molecular weight excluding hydrogens is 442 g/mol. The molecule has 2 rings (SSSR count). The molecule has 10 nitrogen and oxygen atoms in total. The van der Waals surface area contributed by atoms with Crippen LogP contribution in [0.15, 0.2) is 6.20 Å². The normalized spacial score (nSPS) is 24.9.